The number of carbonyl (C=O) groups excluding carboxylic acids is 2. The molecule has 1 heterocycles. The van der Waals surface area contributed by atoms with Crippen LogP contribution in [0.25, 0.3) is 0 Å². The third-order valence-electron chi connectivity index (χ3n) is 3.27. The van der Waals surface area contributed by atoms with Crippen molar-refractivity contribution in [3.63, 3.8) is 0 Å². The van der Waals surface area contributed by atoms with Crippen LogP contribution in [0.5, 0.6) is 0 Å². The predicted octanol–water partition coefficient (Wildman–Crippen LogP) is 0.953. The highest BCUT2D eigenvalue weighted by Gasteiger charge is 2.43. The van der Waals surface area contributed by atoms with Crippen LogP contribution >= 0.6 is 0 Å². The molecule has 1 aliphatic rings. The fourth-order valence-corrected chi connectivity index (χ4v) is 2.16. The highest BCUT2D eigenvalue weighted by molar-refractivity contribution is 6.44. The van der Waals surface area contributed by atoms with Crippen molar-refractivity contribution in [2.45, 2.75) is 6.92 Å². The topological polar surface area (TPSA) is 74.2 Å². The van der Waals surface area contributed by atoms with Crippen LogP contribution in [-0.2, 0) is 14.3 Å². The lowest BCUT2D eigenvalue weighted by atomic mass is 10.1. The summed E-state index contributed by atoms with van der Waals surface area (Å²) in [5, 5.41) is 7.24. The SMILES string of the molecule is CCOC(=O)[C@H]1CN(N(C)C)C(=O)/C1=N/Nc1ccccc1. The van der Waals surface area contributed by atoms with Crippen molar-refractivity contribution in [3.8, 4) is 0 Å². The molecular formula is C15H20N4O3. The van der Waals surface area contributed by atoms with Crippen LogP contribution in [0.1, 0.15) is 6.92 Å². The molecule has 0 spiro atoms. The van der Waals surface area contributed by atoms with Gasteiger partial charge in [0.2, 0.25) is 0 Å². The molecule has 7 nitrogen and oxygen atoms in total. The number of nitrogens with zero attached hydrogens (tertiary/aromatic N) is 3. The number of hydrazone groups is 1. The van der Waals surface area contributed by atoms with Gasteiger partial charge in [-0.15, -0.1) is 0 Å². The molecule has 1 fully saturated rings. The van der Waals surface area contributed by atoms with Gasteiger partial charge < -0.3 is 4.74 Å². The molecule has 0 unspecified atom stereocenters. The summed E-state index contributed by atoms with van der Waals surface area (Å²) < 4.78 is 5.04. The van der Waals surface area contributed by atoms with Gasteiger partial charge in [-0.25, -0.2) is 5.01 Å². The quantitative estimate of drug-likeness (QED) is 0.647. The summed E-state index contributed by atoms with van der Waals surface area (Å²) >= 11 is 0. The third-order valence-corrected chi connectivity index (χ3v) is 3.27. The van der Waals surface area contributed by atoms with Crippen molar-refractivity contribution in [2.24, 2.45) is 11.0 Å². The summed E-state index contributed by atoms with van der Waals surface area (Å²) in [7, 11) is 3.49. The van der Waals surface area contributed by atoms with E-state index in [1.807, 2.05) is 30.3 Å². The van der Waals surface area contributed by atoms with E-state index in [4.69, 9.17) is 4.74 Å². The molecule has 1 saturated heterocycles. The van der Waals surface area contributed by atoms with Crippen LogP contribution in [-0.4, -0.2) is 54.9 Å². The number of nitrogens with one attached hydrogen (secondary N) is 1. The molecular weight excluding hydrogens is 284 g/mol. The average molecular weight is 304 g/mol. The van der Waals surface area contributed by atoms with Crippen LogP contribution in [0.2, 0.25) is 0 Å². The van der Waals surface area contributed by atoms with Gasteiger partial charge in [-0.05, 0) is 19.1 Å². The summed E-state index contributed by atoms with van der Waals surface area (Å²) in [6.07, 6.45) is 0. The first-order chi connectivity index (χ1) is 10.5. The molecule has 1 amide bonds. The summed E-state index contributed by atoms with van der Waals surface area (Å²) in [5.41, 5.74) is 3.72. The molecule has 0 radical (unpaired) electrons. The number of hydrazine groups is 1. The largest absolute Gasteiger partial charge is 0.465 e. The first-order valence-electron chi connectivity index (χ1n) is 7.09. The highest BCUT2D eigenvalue weighted by Crippen LogP contribution is 2.19. The average Bonchev–Trinajstić information content (AvgIpc) is 2.83. The Labute approximate surface area is 129 Å². The van der Waals surface area contributed by atoms with E-state index in [-0.39, 0.29) is 24.8 Å². The molecule has 1 atom stereocenters. The van der Waals surface area contributed by atoms with Gasteiger partial charge >= 0.3 is 5.97 Å². The summed E-state index contributed by atoms with van der Waals surface area (Å²) in [6.45, 7) is 2.24. The molecule has 22 heavy (non-hydrogen) atoms. The van der Waals surface area contributed by atoms with Gasteiger partial charge in [0.1, 0.15) is 11.6 Å². The number of amides is 1. The standard InChI is InChI=1S/C15H20N4O3/c1-4-22-15(21)12-10-19(18(2)3)14(20)13(12)17-16-11-8-6-5-7-9-11/h5-9,12,16H,4,10H2,1-3H3/b17-13+/t12-/m0/s1. The molecule has 7 heteroatoms. The molecule has 0 bridgehead atoms. The Bertz CT molecular complexity index is 571. The predicted molar refractivity (Wildman–Crippen MR) is 83.0 cm³/mol. The molecule has 1 N–H and O–H groups in total. The summed E-state index contributed by atoms with van der Waals surface area (Å²) in [5.74, 6) is -1.42. The number of esters is 1. The zero-order valence-corrected chi connectivity index (χ0v) is 12.9. The number of hydrogen-bond donors (Lipinski definition) is 1. The number of para-hydroxylation sites is 1. The lowest BCUT2D eigenvalue weighted by molar-refractivity contribution is -0.146. The first kappa shape index (κ1) is 16.0. The maximum absolute atomic E-state index is 12.4. The Hall–Kier alpha value is -2.41. The number of anilines is 1. The van der Waals surface area contributed by atoms with Crippen molar-refractivity contribution in [2.75, 3.05) is 32.7 Å². The van der Waals surface area contributed by atoms with Crippen molar-refractivity contribution in [1.82, 2.24) is 10.0 Å². The van der Waals surface area contributed by atoms with Crippen molar-refractivity contribution >= 4 is 23.3 Å². The van der Waals surface area contributed by atoms with E-state index in [2.05, 4.69) is 10.5 Å². The Morgan fingerprint density at radius 2 is 2.09 bits per heavy atom. The van der Waals surface area contributed by atoms with E-state index in [0.717, 1.165) is 5.69 Å². The van der Waals surface area contributed by atoms with E-state index in [1.54, 1.807) is 26.0 Å². The third kappa shape index (κ3) is 3.43. The highest BCUT2D eigenvalue weighted by atomic mass is 16.5. The minimum absolute atomic E-state index is 0.163. The van der Waals surface area contributed by atoms with Crippen molar-refractivity contribution < 1.29 is 14.3 Å². The van der Waals surface area contributed by atoms with Gasteiger partial charge in [0, 0.05) is 14.1 Å². The van der Waals surface area contributed by atoms with Gasteiger partial charge in [0.05, 0.1) is 18.8 Å². The molecule has 1 aromatic rings. The van der Waals surface area contributed by atoms with Gasteiger partial charge in [0.15, 0.2) is 0 Å². The summed E-state index contributed by atoms with van der Waals surface area (Å²) in [4.78, 5) is 24.4. The number of carbonyl (C=O) groups is 2. The second-order valence-corrected chi connectivity index (χ2v) is 5.01. The minimum Gasteiger partial charge on any atom is -0.465 e. The maximum Gasteiger partial charge on any atom is 0.317 e. The summed E-state index contributed by atoms with van der Waals surface area (Å²) in [6, 6.07) is 9.25. The van der Waals surface area contributed by atoms with Gasteiger partial charge in [-0.1, -0.05) is 18.2 Å². The number of ether oxygens (including phenoxy) is 1. The number of benzene rings is 1. The normalized spacial score (nSPS) is 19.8. The Morgan fingerprint density at radius 1 is 1.41 bits per heavy atom. The Kier molecular flexibility index (Phi) is 5.11. The molecule has 0 aromatic heterocycles. The van der Waals surface area contributed by atoms with Crippen molar-refractivity contribution in [1.29, 1.82) is 0 Å². The van der Waals surface area contributed by atoms with Crippen molar-refractivity contribution in [3.05, 3.63) is 30.3 Å². The molecule has 2 rings (SSSR count). The second-order valence-electron chi connectivity index (χ2n) is 5.01. The van der Waals surface area contributed by atoms with Crippen LogP contribution in [0.3, 0.4) is 0 Å². The first-order valence-corrected chi connectivity index (χ1v) is 7.09. The smallest absolute Gasteiger partial charge is 0.317 e. The van der Waals surface area contributed by atoms with Gasteiger partial charge in [-0.3, -0.25) is 20.0 Å². The Balaban J connectivity index is 2.23. The fraction of sp³-hybridized carbons (Fsp3) is 0.400. The number of rotatable bonds is 5. The van der Waals surface area contributed by atoms with Crippen LogP contribution in [0.4, 0.5) is 5.69 Å². The van der Waals surface area contributed by atoms with Crippen LogP contribution in [0, 0.1) is 5.92 Å². The number of hydrogen-bond acceptors (Lipinski definition) is 6. The van der Waals surface area contributed by atoms with Gasteiger partial charge in [0.25, 0.3) is 5.91 Å². The maximum atomic E-state index is 12.4. The Morgan fingerprint density at radius 3 is 2.68 bits per heavy atom. The van der Waals surface area contributed by atoms with Gasteiger partial charge in [-0.2, -0.15) is 5.10 Å². The monoisotopic (exact) mass is 304 g/mol. The van der Waals surface area contributed by atoms with Crippen LogP contribution in [0.15, 0.2) is 35.4 Å². The van der Waals surface area contributed by atoms with E-state index >= 15 is 0 Å². The van der Waals surface area contributed by atoms with E-state index in [9.17, 15) is 9.59 Å². The van der Waals surface area contributed by atoms with Crippen LogP contribution < -0.4 is 5.43 Å². The van der Waals surface area contributed by atoms with E-state index < -0.39 is 11.9 Å². The zero-order valence-electron chi connectivity index (χ0n) is 12.9. The molecule has 0 saturated carbocycles. The molecule has 1 aliphatic heterocycles. The zero-order chi connectivity index (χ0) is 16.1. The molecule has 1 aromatic carbocycles. The lowest BCUT2D eigenvalue weighted by Gasteiger charge is -2.22. The lowest BCUT2D eigenvalue weighted by Crippen LogP contribution is -2.39. The molecule has 118 valence electrons. The minimum atomic E-state index is -0.689. The fourth-order valence-electron chi connectivity index (χ4n) is 2.16. The second kappa shape index (κ2) is 7.04. The van der Waals surface area contributed by atoms with E-state index in [0.29, 0.717) is 0 Å². The van der Waals surface area contributed by atoms with E-state index in [1.165, 1.54) is 5.01 Å². The molecule has 0 aliphatic carbocycles.